The number of fused-ring (bicyclic) bond motifs is 2. The Morgan fingerprint density at radius 1 is 1.23 bits per heavy atom. The van der Waals surface area contributed by atoms with Crippen LogP contribution in [0, 0.1) is 23.6 Å². The Hall–Kier alpha value is -1.47. The molecule has 2 N–H and O–H groups in total. The Balaban J connectivity index is 1.62. The number of hydrogen-bond acceptors (Lipinski definition) is 3. The third kappa shape index (κ3) is 4.09. The van der Waals surface area contributed by atoms with Crippen LogP contribution in [0.2, 0.25) is 0 Å². The van der Waals surface area contributed by atoms with Gasteiger partial charge in [-0.3, -0.25) is 4.79 Å². The first-order chi connectivity index (χ1) is 12.3. The lowest BCUT2D eigenvalue weighted by atomic mass is 9.84. The molecule has 0 aliphatic heterocycles. The normalized spacial score (nSPS) is 27.3. The zero-order valence-corrected chi connectivity index (χ0v) is 16.1. The Morgan fingerprint density at radius 3 is 2.46 bits per heavy atom. The number of sulfonamides is 1. The predicted molar refractivity (Wildman–Crippen MR) is 97.3 cm³/mol. The Labute approximate surface area is 154 Å². The summed E-state index contributed by atoms with van der Waals surface area (Å²) in [6.45, 7) is 3.78. The van der Waals surface area contributed by atoms with Crippen molar-refractivity contribution in [1.29, 1.82) is 0 Å². The zero-order chi connectivity index (χ0) is 18.9. The molecule has 1 aromatic rings. The molecule has 0 saturated heterocycles. The number of halogens is 1. The number of rotatable bonds is 7. The van der Waals surface area contributed by atoms with Gasteiger partial charge in [-0.25, -0.2) is 12.8 Å². The SMILES string of the molecule is CCC(NS(=O)(=O)c1ccc(F)cc1)C(=O)NC(C)C1CC2CCC1C2. The van der Waals surface area contributed by atoms with Crippen molar-refractivity contribution in [3.63, 3.8) is 0 Å². The van der Waals surface area contributed by atoms with Crippen molar-refractivity contribution in [2.75, 3.05) is 0 Å². The number of benzene rings is 1. The highest BCUT2D eigenvalue weighted by molar-refractivity contribution is 7.89. The Kier molecular flexibility index (Phi) is 5.67. The van der Waals surface area contributed by atoms with E-state index < -0.39 is 21.9 Å². The fourth-order valence-corrected chi connectivity index (χ4v) is 5.81. The van der Waals surface area contributed by atoms with E-state index in [1.54, 1.807) is 6.92 Å². The lowest BCUT2D eigenvalue weighted by molar-refractivity contribution is -0.123. The van der Waals surface area contributed by atoms with Crippen LogP contribution in [0.25, 0.3) is 0 Å². The number of carbonyl (C=O) groups excluding carboxylic acids is 1. The van der Waals surface area contributed by atoms with Crippen LogP contribution in [-0.4, -0.2) is 26.4 Å². The lowest BCUT2D eigenvalue weighted by Gasteiger charge is -2.29. The molecule has 0 heterocycles. The van der Waals surface area contributed by atoms with Crippen molar-refractivity contribution in [2.45, 2.75) is 62.9 Å². The number of nitrogens with one attached hydrogen (secondary N) is 2. The maximum atomic E-state index is 13.0. The van der Waals surface area contributed by atoms with Crippen LogP contribution >= 0.6 is 0 Å². The van der Waals surface area contributed by atoms with Gasteiger partial charge in [-0.2, -0.15) is 4.72 Å². The Bertz CT molecular complexity index is 751. The molecule has 144 valence electrons. The summed E-state index contributed by atoms with van der Waals surface area (Å²) in [5.74, 6) is 1.17. The standard InChI is InChI=1S/C19H27FN2O3S/c1-3-18(22-26(24,25)16-8-6-15(20)7-9-16)19(23)21-12(2)17-11-13-4-5-14(17)10-13/h6-9,12-14,17-18,22H,3-5,10-11H2,1-2H3,(H,21,23). The summed E-state index contributed by atoms with van der Waals surface area (Å²) in [4.78, 5) is 12.6. The van der Waals surface area contributed by atoms with Gasteiger partial charge >= 0.3 is 0 Å². The molecule has 26 heavy (non-hydrogen) atoms. The molecule has 0 aromatic heterocycles. The second-order valence-electron chi connectivity index (χ2n) is 7.67. The van der Waals surface area contributed by atoms with Crippen LogP contribution < -0.4 is 10.0 Å². The van der Waals surface area contributed by atoms with Gasteiger partial charge in [0.2, 0.25) is 15.9 Å². The third-order valence-corrected chi connectivity index (χ3v) is 7.44. The largest absolute Gasteiger partial charge is 0.352 e. The minimum absolute atomic E-state index is 0.0437. The van der Waals surface area contributed by atoms with Gasteiger partial charge in [0.25, 0.3) is 0 Å². The zero-order valence-electron chi connectivity index (χ0n) is 15.2. The van der Waals surface area contributed by atoms with E-state index in [4.69, 9.17) is 0 Å². The van der Waals surface area contributed by atoms with Crippen molar-refractivity contribution in [2.24, 2.45) is 17.8 Å². The molecule has 1 aromatic carbocycles. The van der Waals surface area contributed by atoms with Gasteiger partial charge in [0, 0.05) is 6.04 Å². The van der Waals surface area contributed by atoms with Gasteiger partial charge in [0.1, 0.15) is 11.9 Å². The monoisotopic (exact) mass is 382 g/mol. The first-order valence-corrected chi connectivity index (χ1v) is 10.9. The fourth-order valence-electron chi connectivity index (χ4n) is 4.53. The third-order valence-electron chi connectivity index (χ3n) is 5.95. The second kappa shape index (κ2) is 7.64. The first kappa shape index (κ1) is 19.3. The van der Waals surface area contributed by atoms with E-state index in [1.807, 2.05) is 6.92 Å². The molecule has 2 fully saturated rings. The summed E-state index contributed by atoms with van der Waals surface area (Å²) in [6, 6.07) is 3.77. The smallest absolute Gasteiger partial charge is 0.241 e. The summed E-state index contributed by atoms with van der Waals surface area (Å²) in [7, 11) is -3.87. The number of amides is 1. The van der Waals surface area contributed by atoms with Gasteiger partial charge in [-0.15, -0.1) is 0 Å². The average Bonchev–Trinajstić information content (AvgIpc) is 3.23. The molecule has 2 aliphatic rings. The molecule has 3 rings (SSSR count). The average molecular weight is 383 g/mol. The first-order valence-electron chi connectivity index (χ1n) is 9.38. The molecule has 1 amide bonds. The Morgan fingerprint density at radius 2 is 1.92 bits per heavy atom. The molecule has 7 heteroatoms. The van der Waals surface area contributed by atoms with Crippen LogP contribution in [0.15, 0.2) is 29.2 Å². The van der Waals surface area contributed by atoms with Gasteiger partial charge in [-0.05, 0) is 74.6 Å². The molecule has 5 unspecified atom stereocenters. The number of carbonyl (C=O) groups is 1. The van der Waals surface area contributed by atoms with Crippen LogP contribution in [0.3, 0.4) is 0 Å². The second-order valence-corrected chi connectivity index (χ2v) is 9.39. The fraction of sp³-hybridized carbons (Fsp3) is 0.632. The quantitative estimate of drug-likeness (QED) is 0.761. The predicted octanol–water partition coefficient (Wildman–Crippen LogP) is 2.82. The molecule has 0 radical (unpaired) electrons. The maximum Gasteiger partial charge on any atom is 0.241 e. The van der Waals surface area contributed by atoms with Gasteiger partial charge in [-0.1, -0.05) is 13.3 Å². The molecule has 0 spiro atoms. The summed E-state index contributed by atoms with van der Waals surface area (Å²) < 4.78 is 40.4. The topological polar surface area (TPSA) is 75.3 Å². The van der Waals surface area contributed by atoms with Crippen LogP contribution in [0.5, 0.6) is 0 Å². The maximum absolute atomic E-state index is 13.0. The van der Waals surface area contributed by atoms with Crippen LogP contribution in [-0.2, 0) is 14.8 Å². The van der Waals surface area contributed by atoms with Crippen molar-refractivity contribution in [3.8, 4) is 0 Å². The molecule has 2 bridgehead atoms. The van der Waals surface area contributed by atoms with Crippen molar-refractivity contribution >= 4 is 15.9 Å². The molecule has 2 aliphatic carbocycles. The summed E-state index contributed by atoms with van der Waals surface area (Å²) in [6.07, 6.45) is 5.31. The van der Waals surface area contributed by atoms with Gasteiger partial charge in [0.05, 0.1) is 4.90 Å². The summed E-state index contributed by atoms with van der Waals surface area (Å²) in [5, 5.41) is 3.01. The van der Waals surface area contributed by atoms with E-state index in [0.717, 1.165) is 24.5 Å². The molecule has 5 atom stereocenters. The van der Waals surface area contributed by atoms with E-state index >= 15 is 0 Å². The van der Waals surface area contributed by atoms with E-state index in [2.05, 4.69) is 10.0 Å². The highest BCUT2D eigenvalue weighted by atomic mass is 32.2. The highest BCUT2D eigenvalue weighted by Crippen LogP contribution is 2.49. The molecular formula is C19H27FN2O3S. The van der Waals surface area contributed by atoms with Crippen LogP contribution in [0.1, 0.15) is 46.0 Å². The number of hydrogen-bond donors (Lipinski definition) is 2. The molecule has 2 saturated carbocycles. The summed E-state index contributed by atoms with van der Waals surface area (Å²) >= 11 is 0. The van der Waals surface area contributed by atoms with E-state index in [-0.39, 0.29) is 16.8 Å². The lowest BCUT2D eigenvalue weighted by Crippen LogP contribution is -2.50. The van der Waals surface area contributed by atoms with Gasteiger partial charge in [0.15, 0.2) is 0 Å². The highest BCUT2D eigenvalue weighted by Gasteiger charge is 2.42. The minimum atomic E-state index is -3.87. The van der Waals surface area contributed by atoms with Crippen molar-refractivity contribution in [3.05, 3.63) is 30.1 Å². The van der Waals surface area contributed by atoms with Crippen molar-refractivity contribution in [1.82, 2.24) is 10.0 Å². The van der Waals surface area contributed by atoms with Gasteiger partial charge < -0.3 is 5.32 Å². The van der Waals surface area contributed by atoms with Crippen molar-refractivity contribution < 1.29 is 17.6 Å². The van der Waals surface area contributed by atoms with Crippen LogP contribution in [0.4, 0.5) is 4.39 Å². The van der Waals surface area contributed by atoms with E-state index in [1.165, 1.54) is 31.4 Å². The summed E-state index contributed by atoms with van der Waals surface area (Å²) in [5.41, 5.74) is 0. The van der Waals surface area contributed by atoms with E-state index in [0.29, 0.717) is 18.3 Å². The minimum Gasteiger partial charge on any atom is -0.352 e. The molecule has 5 nitrogen and oxygen atoms in total. The van der Waals surface area contributed by atoms with E-state index in [9.17, 15) is 17.6 Å². The molecular weight excluding hydrogens is 355 g/mol.